The highest BCUT2D eigenvalue weighted by molar-refractivity contribution is 4.87. The van der Waals surface area contributed by atoms with Gasteiger partial charge in [-0.15, -0.1) is 0 Å². The van der Waals surface area contributed by atoms with Gasteiger partial charge >= 0.3 is 0 Å². The van der Waals surface area contributed by atoms with Crippen molar-refractivity contribution < 1.29 is 0 Å². The third-order valence-corrected chi connectivity index (χ3v) is 4.20. The van der Waals surface area contributed by atoms with Crippen molar-refractivity contribution in [3.63, 3.8) is 0 Å². The first kappa shape index (κ1) is 13.0. The molecule has 1 heterocycles. The number of rotatable bonds is 7. The summed E-state index contributed by atoms with van der Waals surface area (Å²) in [5.74, 6) is 0. The normalized spacial score (nSPS) is 21.0. The largest absolute Gasteiger partial charge is 0.330 e. The first-order valence-electron chi connectivity index (χ1n) is 6.69. The maximum atomic E-state index is 5.50. The van der Waals surface area contributed by atoms with E-state index in [0.29, 0.717) is 5.41 Å². The van der Waals surface area contributed by atoms with E-state index in [1.54, 1.807) is 0 Å². The molecule has 0 aromatic rings. The van der Waals surface area contributed by atoms with Crippen molar-refractivity contribution in [1.82, 2.24) is 4.90 Å². The molecule has 2 N–H and O–H groups in total. The van der Waals surface area contributed by atoms with Crippen LogP contribution in [0.3, 0.4) is 0 Å². The van der Waals surface area contributed by atoms with Gasteiger partial charge < -0.3 is 10.6 Å². The molecule has 0 aromatic heterocycles. The van der Waals surface area contributed by atoms with Crippen molar-refractivity contribution in [2.45, 2.75) is 52.4 Å². The molecule has 0 atom stereocenters. The SMILES string of the molecule is CCC1(CC)CCN(CCCCCN)C1. The van der Waals surface area contributed by atoms with E-state index in [1.807, 2.05) is 0 Å². The summed E-state index contributed by atoms with van der Waals surface area (Å²) in [7, 11) is 0. The Morgan fingerprint density at radius 1 is 1.13 bits per heavy atom. The van der Waals surface area contributed by atoms with Gasteiger partial charge in [0, 0.05) is 6.54 Å². The number of hydrogen-bond acceptors (Lipinski definition) is 2. The lowest BCUT2D eigenvalue weighted by atomic mass is 9.82. The van der Waals surface area contributed by atoms with Crippen molar-refractivity contribution in [3.8, 4) is 0 Å². The quantitative estimate of drug-likeness (QED) is 0.657. The molecule has 0 saturated carbocycles. The van der Waals surface area contributed by atoms with E-state index in [-0.39, 0.29) is 0 Å². The van der Waals surface area contributed by atoms with Crippen LogP contribution >= 0.6 is 0 Å². The summed E-state index contributed by atoms with van der Waals surface area (Å²) < 4.78 is 0. The molecule has 0 unspecified atom stereocenters. The summed E-state index contributed by atoms with van der Waals surface area (Å²) in [6, 6.07) is 0. The van der Waals surface area contributed by atoms with Crippen molar-refractivity contribution in [2.24, 2.45) is 11.1 Å². The second-order valence-electron chi connectivity index (χ2n) is 5.08. The van der Waals surface area contributed by atoms with Crippen LogP contribution in [0.25, 0.3) is 0 Å². The molecule has 1 saturated heterocycles. The summed E-state index contributed by atoms with van der Waals surface area (Å²) in [4.78, 5) is 2.66. The van der Waals surface area contributed by atoms with Gasteiger partial charge in [0.2, 0.25) is 0 Å². The smallest absolute Gasteiger partial charge is 0.00382 e. The van der Waals surface area contributed by atoms with Crippen LogP contribution in [0.4, 0.5) is 0 Å². The lowest BCUT2D eigenvalue weighted by Gasteiger charge is -2.26. The number of hydrogen-bond donors (Lipinski definition) is 1. The Bertz CT molecular complexity index is 164. The molecule has 0 bridgehead atoms. The Morgan fingerprint density at radius 2 is 1.87 bits per heavy atom. The summed E-state index contributed by atoms with van der Waals surface area (Å²) in [5.41, 5.74) is 6.14. The molecular weight excluding hydrogens is 184 g/mol. The fourth-order valence-corrected chi connectivity index (χ4v) is 2.70. The summed E-state index contributed by atoms with van der Waals surface area (Å²) in [6.07, 6.45) is 7.95. The van der Waals surface area contributed by atoms with Gasteiger partial charge in [0.1, 0.15) is 0 Å². The van der Waals surface area contributed by atoms with Gasteiger partial charge in [-0.1, -0.05) is 20.3 Å². The maximum Gasteiger partial charge on any atom is 0.00382 e. The van der Waals surface area contributed by atoms with Crippen LogP contribution in [0, 0.1) is 5.41 Å². The van der Waals surface area contributed by atoms with Gasteiger partial charge in [-0.05, 0) is 57.2 Å². The first-order valence-corrected chi connectivity index (χ1v) is 6.69. The van der Waals surface area contributed by atoms with Crippen LogP contribution in [0.1, 0.15) is 52.4 Å². The van der Waals surface area contributed by atoms with Gasteiger partial charge in [0.05, 0.1) is 0 Å². The Labute approximate surface area is 95.2 Å². The standard InChI is InChI=1S/C13H28N2/c1-3-13(4-2)8-11-15(12-13)10-7-5-6-9-14/h3-12,14H2,1-2H3. The van der Waals surface area contributed by atoms with E-state index in [9.17, 15) is 0 Å². The van der Waals surface area contributed by atoms with Crippen molar-refractivity contribution in [3.05, 3.63) is 0 Å². The summed E-state index contributed by atoms with van der Waals surface area (Å²) >= 11 is 0. The van der Waals surface area contributed by atoms with Crippen LogP contribution in [0.15, 0.2) is 0 Å². The van der Waals surface area contributed by atoms with Crippen LogP contribution in [-0.2, 0) is 0 Å². The first-order chi connectivity index (χ1) is 7.26. The van der Waals surface area contributed by atoms with Crippen LogP contribution in [0.5, 0.6) is 0 Å². The van der Waals surface area contributed by atoms with Gasteiger partial charge in [0.25, 0.3) is 0 Å². The molecule has 0 spiro atoms. The topological polar surface area (TPSA) is 29.3 Å². The molecule has 0 amide bonds. The van der Waals surface area contributed by atoms with E-state index < -0.39 is 0 Å². The molecule has 1 aliphatic rings. The average Bonchev–Trinajstić information content (AvgIpc) is 2.69. The Morgan fingerprint density at radius 3 is 2.40 bits per heavy atom. The summed E-state index contributed by atoms with van der Waals surface area (Å²) in [6.45, 7) is 9.51. The van der Waals surface area contributed by atoms with Gasteiger partial charge in [-0.25, -0.2) is 0 Å². The molecule has 15 heavy (non-hydrogen) atoms. The number of nitrogens with zero attached hydrogens (tertiary/aromatic N) is 1. The molecule has 90 valence electrons. The Kier molecular flexibility index (Phi) is 5.62. The van der Waals surface area contributed by atoms with Crippen LogP contribution < -0.4 is 5.73 Å². The lowest BCUT2D eigenvalue weighted by Crippen LogP contribution is -2.27. The average molecular weight is 212 g/mol. The van der Waals surface area contributed by atoms with Crippen LogP contribution in [0.2, 0.25) is 0 Å². The number of unbranched alkanes of at least 4 members (excludes halogenated alkanes) is 2. The predicted molar refractivity (Wildman–Crippen MR) is 67.0 cm³/mol. The van der Waals surface area contributed by atoms with E-state index >= 15 is 0 Å². The van der Waals surface area contributed by atoms with Gasteiger partial charge in [0.15, 0.2) is 0 Å². The zero-order chi connectivity index (χ0) is 11.1. The minimum Gasteiger partial charge on any atom is -0.330 e. The van der Waals surface area contributed by atoms with Crippen LogP contribution in [-0.4, -0.2) is 31.1 Å². The van der Waals surface area contributed by atoms with E-state index in [4.69, 9.17) is 5.73 Å². The molecule has 2 heteroatoms. The fourth-order valence-electron chi connectivity index (χ4n) is 2.70. The number of likely N-dealkylation sites (tertiary alicyclic amines) is 1. The zero-order valence-corrected chi connectivity index (χ0v) is 10.6. The minimum atomic E-state index is 0.647. The van der Waals surface area contributed by atoms with Crippen molar-refractivity contribution >= 4 is 0 Å². The van der Waals surface area contributed by atoms with E-state index in [1.165, 1.54) is 58.2 Å². The van der Waals surface area contributed by atoms with Gasteiger partial charge in [-0.3, -0.25) is 0 Å². The molecule has 0 radical (unpaired) electrons. The highest BCUT2D eigenvalue weighted by atomic mass is 15.2. The van der Waals surface area contributed by atoms with Crippen molar-refractivity contribution in [2.75, 3.05) is 26.2 Å². The molecule has 1 rings (SSSR count). The fraction of sp³-hybridized carbons (Fsp3) is 1.00. The monoisotopic (exact) mass is 212 g/mol. The third-order valence-electron chi connectivity index (χ3n) is 4.20. The Hall–Kier alpha value is -0.0800. The molecular formula is C13H28N2. The molecule has 2 nitrogen and oxygen atoms in total. The van der Waals surface area contributed by atoms with Gasteiger partial charge in [-0.2, -0.15) is 0 Å². The maximum absolute atomic E-state index is 5.50. The van der Waals surface area contributed by atoms with E-state index in [2.05, 4.69) is 18.7 Å². The lowest BCUT2D eigenvalue weighted by molar-refractivity contribution is 0.238. The number of nitrogens with two attached hydrogens (primary N) is 1. The third kappa shape index (κ3) is 3.76. The molecule has 1 aliphatic heterocycles. The minimum absolute atomic E-state index is 0.647. The highest BCUT2D eigenvalue weighted by Crippen LogP contribution is 2.36. The molecule has 0 aromatic carbocycles. The Balaban J connectivity index is 2.18. The van der Waals surface area contributed by atoms with Crippen molar-refractivity contribution in [1.29, 1.82) is 0 Å². The highest BCUT2D eigenvalue weighted by Gasteiger charge is 2.34. The molecule has 0 aliphatic carbocycles. The van der Waals surface area contributed by atoms with E-state index in [0.717, 1.165) is 6.54 Å². The molecule has 1 fully saturated rings. The zero-order valence-electron chi connectivity index (χ0n) is 10.6. The second kappa shape index (κ2) is 6.49. The predicted octanol–water partition coefficient (Wildman–Crippen LogP) is 2.63. The summed E-state index contributed by atoms with van der Waals surface area (Å²) in [5, 5.41) is 0. The second-order valence-corrected chi connectivity index (χ2v) is 5.08.